The van der Waals surface area contributed by atoms with Crippen LogP contribution in [0, 0.1) is 0 Å². The maximum Gasteiger partial charge on any atom is 0.200 e. The van der Waals surface area contributed by atoms with E-state index < -0.39 is 6.29 Å². The van der Waals surface area contributed by atoms with Gasteiger partial charge in [-0.1, -0.05) is 19.8 Å². The average Bonchev–Trinajstić information content (AvgIpc) is 2.11. The van der Waals surface area contributed by atoms with Gasteiger partial charge in [0.1, 0.15) is 0 Å². The molecule has 0 fully saturated rings. The predicted molar refractivity (Wildman–Crippen MR) is 57.7 cm³/mol. The van der Waals surface area contributed by atoms with Crippen molar-refractivity contribution in [2.24, 2.45) is 21.5 Å². The monoisotopic (exact) mass is 198 g/mol. The maximum absolute atomic E-state index is 5.55. The molecule has 0 saturated carbocycles. The van der Waals surface area contributed by atoms with E-state index in [0.29, 0.717) is 11.9 Å². The van der Waals surface area contributed by atoms with Crippen molar-refractivity contribution < 1.29 is 0 Å². The summed E-state index contributed by atoms with van der Waals surface area (Å²) >= 11 is 0. The summed E-state index contributed by atoms with van der Waals surface area (Å²) in [6.45, 7) is 2.94. The molecule has 14 heavy (non-hydrogen) atoms. The van der Waals surface area contributed by atoms with Crippen LogP contribution in [0.2, 0.25) is 0 Å². The van der Waals surface area contributed by atoms with Crippen molar-refractivity contribution in [2.45, 2.75) is 32.5 Å². The van der Waals surface area contributed by atoms with Gasteiger partial charge in [-0.25, -0.2) is 4.99 Å². The third-order valence-corrected chi connectivity index (χ3v) is 1.84. The molecule has 6 N–H and O–H groups in total. The Bertz CT molecular complexity index is 234. The Morgan fingerprint density at radius 2 is 2.29 bits per heavy atom. The highest BCUT2D eigenvalue weighted by Crippen LogP contribution is 1.94. The van der Waals surface area contributed by atoms with Crippen LogP contribution in [0.4, 0.5) is 0 Å². The lowest BCUT2D eigenvalue weighted by atomic mass is 10.2. The second-order valence-corrected chi connectivity index (χ2v) is 3.17. The van der Waals surface area contributed by atoms with E-state index in [0.717, 1.165) is 13.0 Å². The summed E-state index contributed by atoms with van der Waals surface area (Å²) in [6.07, 6.45) is 2.97. The number of aliphatic imine (C=N–C) groups is 2. The average molecular weight is 198 g/mol. The van der Waals surface area contributed by atoms with Crippen molar-refractivity contribution >= 4 is 11.9 Å². The highest BCUT2D eigenvalue weighted by Gasteiger charge is 2.11. The van der Waals surface area contributed by atoms with Crippen LogP contribution in [0.5, 0.6) is 0 Å². The van der Waals surface area contributed by atoms with E-state index in [-0.39, 0.29) is 0 Å². The van der Waals surface area contributed by atoms with E-state index in [1.165, 1.54) is 12.8 Å². The predicted octanol–water partition coefficient (Wildman–Crippen LogP) is -0.718. The van der Waals surface area contributed by atoms with Gasteiger partial charge in [-0.15, -0.1) is 0 Å². The van der Waals surface area contributed by atoms with E-state index in [4.69, 9.17) is 11.5 Å². The molecule has 1 aliphatic heterocycles. The van der Waals surface area contributed by atoms with Crippen LogP contribution in [0.25, 0.3) is 0 Å². The first kappa shape index (κ1) is 10.8. The van der Waals surface area contributed by atoms with Gasteiger partial charge in [-0.05, 0) is 6.42 Å². The fourth-order valence-electron chi connectivity index (χ4n) is 1.15. The molecule has 80 valence electrons. The molecular formula is C8H18N6. The number of hydrogen-bond donors (Lipinski definition) is 4. The Balaban J connectivity index is 2.34. The molecule has 0 amide bonds. The van der Waals surface area contributed by atoms with Crippen LogP contribution in [0.1, 0.15) is 26.2 Å². The highest BCUT2D eigenvalue weighted by molar-refractivity contribution is 5.99. The molecule has 1 atom stereocenters. The van der Waals surface area contributed by atoms with Gasteiger partial charge in [-0.2, -0.15) is 0 Å². The molecule has 0 radical (unpaired) electrons. The van der Waals surface area contributed by atoms with Gasteiger partial charge in [0, 0.05) is 6.54 Å². The molecule has 1 aliphatic rings. The van der Waals surface area contributed by atoms with E-state index in [2.05, 4.69) is 27.5 Å². The lowest BCUT2D eigenvalue weighted by Crippen LogP contribution is -2.56. The van der Waals surface area contributed by atoms with E-state index in [1.54, 1.807) is 0 Å². The zero-order valence-corrected chi connectivity index (χ0v) is 8.45. The number of rotatable bonds is 4. The van der Waals surface area contributed by atoms with Gasteiger partial charge in [0.25, 0.3) is 0 Å². The summed E-state index contributed by atoms with van der Waals surface area (Å²) in [5.74, 6) is 0.923. The summed E-state index contributed by atoms with van der Waals surface area (Å²) < 4.78 is 0. The molecule has 0 aliphatic carbocycles. The molecule has 6 heteroatoms. The Morgan fingerprint density at radius 3 is 2.93 bits per heavy atom. The molecule has 1 rings (SSSR count). The Hall–Kier alpha value is -1.30. The lowest BCUT2D eigenvalue weighted by molar-refractivity contribution is 0.631. The minimum atomic E-state index is -0.485. The van der Waals surface area contributed by atoms with Gasteiger partial charge in [0.15, 0.2) is 12.2 Å². The number of hydrogen-bond acceptors (Lipinski definition) is 4. The van der Waals surface area contributed by atoms with Gasteiger partial charge >= 0.3 is 0 Å². The van der Waals surface area contributed by atoms with Crippen LogP contribution in [-0.2, 0) is 0 Å². The van der Waals surface area contributed by atoms with E-state index >= 15 is 0 Å². The van der Waals surface area contributed by atoms with Gasteiger partial charge in [0.2, 0.25) is 5.96 Å². The van der Waals surface area contributed by atoms with Crippen LogP contribution in [-0.4, -0.2) is 24.8 Å². The van der Waals surface area contributed by atoms with Crippen molar-refractivity contribution in [1.29, 1.82) is 0 Å². The molecule has 0 bridgehead atoms. The zero-order valence-electron chi connectivity index (χ0n) is 8.45. The summed E-state index contributed by atoms with van der Waals surface area (Å²) in [5, 5.41) is 5.68. The number of guanidine groups is 2. The van der Waals surface area contributed by atoms with Crippen LogP contribution in [0.3, 0.4) is 0 Å². The fraction of sp³-hybridized carbons (Fsp3) is 0.750. The normalized spacial score (nSPS) is 24.0. The standard InChI is InChI=1S/C8H18N6/c1-2-3-4-5-11-8-13-6(9)12-7(10)14-8/h6H,2-5,9H2,1H3,(H4,10,11,12,13,14). The van der Waals surface area contributed by atoms with Crippen LogP contribution < -0.4 is 22.1 Å². The first-order chi connectivity index (χ1) is 6.72. The van der Waals surface area contributed by atoms with Crippen molar-refractivity contribution in [1.82, 2.24) is 10.6 Å². The first-order valence-corrected chi connectivity index (χ1v) is 4.89. The fourth-order valence-corrected chi connectivity index (χ4v) is 1.15. The highest BCUT2D eigenvalue weighted by atomic mass is 15.4. The number of nitrogens with zero attached hydrogens (tertiary/aromatic N) is 2. The zero-order chi connectivity index (χ0) is 10.4. The summed E-state index contributed by atoms with van der Waals surface area (Å²) in [5.41, 5.74) is 11.0. The van der Waals surface area contributed by atoms with Crippen LogP contribution >= 0.6 is 0 Å². The van der Waals surface area contributed by atoms with Crippen molar-refractivity contribution in [3.05, 3.63) is 0 Å². The molecule has 0 spiro atoms. The SMILES string of the molecule is CCCCCN=C1NC(N)=NC(N)N1. The van der Waals surface area contributed by atoms with Crippen molar-refractivity contribution in [3.63, 3.8) is 0 Å². The Kier molecular flexibility index (Phi) is 4.18. The second kappa shape index (κ2) is 5.43. The second-order valence-electron chi connectivity index (χ2n) is 3.17. The van der Waals surface area contributed by atoms with Crippen molar-refractivity contribution in [3.8, 4) is 0 Å². The van der Waals surface area contributed by atoms with Gasteiger partial charge < -0.3 is 11.1 Å². The number of nitrogens with two attached hydrogens (primary N) is 2. The third kappa shape index (κ3) is 3.61. The quantitative estimate of drug-likeness (QED) is 0.448. The number of unbranched alkanes of at least 4 members (excludes halogenated alkanes) is 2. The van der Waals surface area contributed by atoms with Crippen molar-refractivity contribution in [2.75, 3.05) is 6.54 Å². The molecule has 0 aromatic heterocycles. The smallest absolute Gasteiger partial charge is 0.200 e. The van der Waals surface area contributed by atoms with Gasteiger partial charge in [-0.3, -0.25) is 16.0 Å². The maximum atomic E-state index is 5.55. The molecule has 1 unspecified atom stereocenters. The van der Waals surface area contributed by atoms with E-state index in [9.17, 15) is 0 Å². The minimum Gasteiger partial charge on any atom is -0.370 e. The van der Waals surface area contributed by atoms with Crippen LogP contribution in [0.15, 0.2) is 9.98 Å². The Labute approximate surface area is 83.9 Å². The summed E-state index contributed by atoms with van der Waals surface area (Å²) in [6, 6.07) is 0. The van der Waals surface area contributed by atoms with Gasteiger partial charge in [0.05, 0.1) is 0 Å². The molecule has 6 nitrogen and oxygen atoms in total. The number of nitrogens with one attached hydrogen (secondary N) is 2. The lowest BCUT2D eigenvalue weighted by Gasteiger charge is -2.20. The molecule has 0 aromatic carbocycles. The molecule has 0 saturated heterocycles. The Morgan fingerprint density at radius 1 is 1.50 bits per heavy atom. The topological polar surface area (TPSA) is 101 Å². The summed E-state index contributed by atoms with van der Waals surface area (Å²) in [4.78, 5) is 8.12. The molecular weight excluding hydrogens is 180 g/mol. The minimum absolute atomic E-state index is 0.311. The largest absolute Gasteiger partial charge is 0.370 e. The molecule has 0 aromatic rings. The first-order valence-electron chi connectivity index (χ1n) is 4.89. The third-order valence-electron chi connectivity index (χ3n) is 1.84. The molecule has 1 heterocycles. The van der Waals surface area contributed by atoms with E-state index in [1.807, 2.05) is 0 Å². The summed E-state index contributed by atoms with van der Waals surface area (Å²) in [7, 11) is 0.